The lowest BCUT2D eigenvalue weighted by Crippen LogP contribution is -2.24. The average molecular weight is 286 g/mol. The average Bonchev–Trinajstić information content (AvgIpc) is 2.47. The smallest absolute Gasteiger partial charge is 0.253 e. The third-order valence-electron chi connectivity index (χ3n) is 3.36. The molecular formula is C17H19FN2O. The van der Waals surface area contributed by atoms with Crippen LogP contribution in [0, 0.1) is 5.82 Å². The fourth-order valence-corrected chi connectivity index (χ4v) is 2.02. The molecule has 3 nitrogen and oxygen atoms in total. The molecule has 0 saturated carbocycles. The summed E-state index contributed by atoms with van der Waals surface area (Å²) in [6.07, 6.45) is 0. The number of amides is 1. The number of carbonyl (C=O) groups excluding carboxylic acids is 1. The van der Waals surface area contributed by atoms with Crippen molar-refractivity contribution < 1.29 is 9.18 Å². The molecule has 0 aliphatic rings. The van der Waals surface area contributed by atoms with E-state index in [9.17, 15) is 9.18 Å². The van der Waals surface area contributed by atoms with Crippen LogP contribution in [-0.4, -0.2) is 5.91 Å². The minimum Gasteiger partial charge on any atom is -0.398 e. The molecular weight excluding hydrogens is 267 g/mol. The second-order valence-electron chi connectivity index (χ2n) is 5.31. The van der Waals surface area contributed by atoms with Crippen molar-refractivity contribution in [1.29, 1.82) is 0 Å². The number of hydrogen-bond acceptors (Lipinski definition) is 2. The molecule has 0 saturated heterocycles. The van der Waals surface area contributed by atoms with Crippen molar-refractivity contribution in [1.82, 2.24) is 5.32 Å². The molecule has 0 fully saturated rings. The van der Waals surface area contributed by atoms with Crippen molar-refractivity contribution >= 4 is 11.6 Å². The maximum absolute atomic E-state index is 13.2. The predicted molar refractivity (Wildman–Crippen MR) is 82.5 cm³/mol. The van der Waals surface area contributed by atoms with Gasteiger partial charge in [-0.2, -0.15) is 0 Å². The Kier molecular flexibility index (Phi) is 4.58. The fraction of sp³-hybridized carbons (Fsp3) is 0.235. The normalized spacial score (nSPS) is 10.7. The first-order valence-corrected chi connectivity index (χ1v) is 6.89. The van der Waals surface area contributed by atoms with Crippen LogP contribution < -0.4 is 11.1 Å². The first kappa shape index (κ1) is 15.0. The molecule has 0 radical (unpaired) electrons. The maximum Gasteiger partial charge on any atom is 0.253 e. The number of carbonyl (C=O) groups is 1. The van der Waals surface area contributed by atoms with Crippen molar-refractivity contribution in [2.75, 3.05) is 5.73 Å². The molecule has 0 bridgehead atoms. The maximum atomic E-state index is 13.2. The summed E-state index contributed by atoms with van der Waals surface area (Å²) in [6, 6.07) is 11.8. The molecule has 2 rings (SSSR count). The summed E-state index contributed by atoms with van der Waals surface area (Å²) < 4.78 is 13.2. The quantitative estimate of drug-likeness (QED) is 0.846. The third kappa shape index (κ3) is 3.81. The van der Waals surface area contributed by atoms with Crippen LogP contribution in [0.4, 0.5) is 10.1 Å². The molecule has 110 valence electrons. The van der Waals surface area contributed by atoms with E-state index in [1.165, 1.54) is 17.7 Å². The van der Waals surface area contributed by atoms with Gasteiger partial charge in [0.1, 0.15) is 5.82 Å². The lowest BCUT2D eigenvalue weighted by molar-refractivity contribution is 0.0951. The van der Waals surface area contributed by atoms with Gasteiger partial charge < -0.3 is 11.1 Å². The largest absolute Gasteiger partial charge is 0.398 e. The Morgan fingerprint density at radius 2 is 1.86 bits per heavy atom. The molecule has 0 atom stereocenters. The molecule has 0 aliphatic carbocycles. The molecule has 4 heteroatoms. The number of nitrogens with two attached hydrogens (primary N) is 1. The minimum absolute atomic E-state index is 0.161. The van der Waals surface area contributed by atoms with Gasteiger partial charge in [0.15, 0.2) is 0 Å². The number of anilines is 1. The van der Waals surface area contributed by atoms with E-state index in [1.54, 1.807) is 0 Å². The first-order chi connectivity index (χ1) is 9.97. The molecule has 0 unspecified atom stereocenters. The van der Waals surface area contributed by atoms with Gasteiger partial charge in [0.05, 0.1) is 5.56 Å². The Morgan fingerprint density at radius 3 is 2.48 bits per heavy atom. The highest BCUT2D eigenvalue weighted by molar-refractivity contribution is 5.99. The van der Waals surface area contributed by atoms with Crippen LogP contribution in [0.15, 0.2) is 42.5 Å². The summed E-state index contributed by atoms with van der Waals surface area (Å²) in [7, 11) is 0. The van der Waals surface area contributed by atoms with Crippen molar-refractivity contribution in [3.05, 3.63) is 65.0 Å². The summed E-state index contributed by atoms with van der Waals surface area (Å²) in [5.41, 5.74) is 8.35. The van der Waals surface area contributed by atoms with Crippen LogP contribution in [0.25, 0.3) is 0 Å². The summed E-state index contributed by atoms with van der Waals surface area (Å²) in [6.45, 7) is 4.64. The second kappa shape index (κ2) is 6.39. The summed E-state index contributed by atoms with van der Waals surface area (Å²) in [4.78, 5) is 12.0. The molecule has 0 aromatic heterocycles. The van der Waals surface area contributed by atoms with Crippen LogP contribution in [0.1, 0.15) is 41.3 Å². The molecule has 0 aliphatic heterocycles. The number of nitrogens with one attached hydrogen (secondary N) is 1. The topological polar surface area (TPSA) is 55.1 Å². The molecule has 0 heterocycles. The van der Waals surface area contributed by atoms with Gasteiger partial charge in [0.2, 0.25) is 0 Å². The van der Waals surface area contributed by atoms with E-state index in [1.807, 2.05) is 24.3 Å². The second-order valence-corrected chi connectivity index (χ2v) is 5.31. The van der Waals surface area contributed by atoms with Crippen LogP contribution in [0.2, 0.25) is 0 Å². The Morgan fingerprint density at radius 1 is 1.19 bits per heavy atom. The van der Waals surface area contributed by atoms with Gasteiger partial charge in [-0.25, -0.2) is 4.39 Å². The Balaban J connectivity index is 2.02. The van der Waals surface area contributed by atoms with Crippen molar-refractivity contribution in [3.8, 4) is 0 Å². The molecule has 2 aromatic carbocycles. The first-order valence-electron chi connectivity index (χ1n) is 6.89. The van der Waals surface area contributed by atoms with E-state index in [0.717, 1.165) is 11.6 Å². The van der Waals surface area contributed by atoms with Crippen molar-refractivity contribution in [3.63, 3.8) is 0 Å². The number of nitrogen functional groups attached to an aromatic ring is 1. The number of hydrogen-bond donors (Lipinski definition) is 2. The molecule has 1 amide bonds. The Bertz CT molecular complexity index is 636. The number of rotatable bonds is 4. The van der Waals surface area contributed by atoms with Gasteiger partial charge in [-0.1, -0.05) is 38.1 Å². The van der Waals surface area contributed by atoms with Gasteiger partial charge in [0.25, 0.3) is 5.91 Å². The van der Waals surface area contributed by atoms with Crippen LogP contribution in [0.3, 0.4) is 0 Å². The number of halogens is 1. The minimum atomic E-state index is -0.476. The van der Waals surface area contributed by atoms with Gasteiger partial charge in [0, 0.05) is 12.2 Å². The van der Waals surface area contributed by atoms with E-state index in [4.69, 9.17) is 5.73 Å². The zero-order chi connectivity index (χ0) is 15.4. The zero-order valence-corrected chi connectivity index (χ0v) is 12.2. The van der Waals surface area contributed by atoms with Gasteiger partial charge >= 0.3 is 0 Å². The summed E-state index contributed by atoms with van der Waals surface area (Å²) >= 11 is 0. The van der Waals surface area contributed by atoms with Gasteiger partial charge in [-0.15, -0.1) is 0 Å². The lowest BCUT2D eigenvalue weighted by atomic mass is 10.0. The fourth-order valence-electron chi connectivity index (χ4n) is 2.02. The Labute approximate surface area is 124 Å². The van der Waals surface area contributed by atoms with Crippen LogP contribution >= 0.6 is 0 Å². The third-order valence-corrected chi connectivity index (χ3v) is 3.36. The molecule has 21 heavy (non-hydrogen) atoms. The SMILES string of the molecule is CC(C)c1ccc(CNC(=O)c2cc(F)ccc2N)cc1. The molecule has 3 N–H and O–H groups in total. The standard InChI is InChI=1S/C17H19FN2O/c1-11(2)13-5-3-12(4-6-13)10-20-17(21)15-9-14(18)7-8-16(15)19/h3-9,11H,10,19H2,1-2H3,(H,20,21). The van der Waals surface area contributed by atoms with E-state index >= 15 is 0 Å². The predicted octanol–water partition coefficient (Wildman–Crippen LogP) is 3.46. The van der Waals surface area contributed by atoms with Crippen molar-refractivity contribution in [2.45, 2.75) is 26.3 Å². The van der Waals surface area contributed by atoms with Crippen LogP contribution in [0.5, 0.6) is 0 Å². The van der Waals surface area contributed by atoms with Crippen molar-refractivity contribution in [2.24, 2.45) is 0 Å². The molecule has 0 spiro atoms. The highest BCUT2D eigenvalue weighted by atomic mass is 19.1. The summed E-state index contributed by atoms with van der Waals surface area (Å²) in [5, 5.41) is 2.75. The van der Waals surface area contributed by atoms with E-state index in [2.05, 4.69) is 19.2 Å². The van der Waals surface area contributed by atoms with Gasteiger partial charge in [-0.05, 0) is 35.2 Å². The highest BCUT2D eigenvalue weighted by Crippen LogP contribution is 2.15. The van der Waals surface area contributed by atoms with E-state index < -0.39 is 5.82 Å². The van der Waals surface area contributed by atoms with E-state index in [-0.39, 0.29) is 17.2 Å². The summed E-state index contributed by atoms with van der Waals surface area (Å²) in [5.74, 6) is -0.378. The van der Waals surface area contributed by atoms with E-state index in [0.29, 0.717) is 12.5 Å². The highest BCUT2D eigenvalue weighted by Gasteiger charge is 2.10. The zero-order valence-electron chi connectivity index (χ0n) is 12.2. The van der Waals surface area contributed by atoms with Gasteiger partial charge in [-0.3, -0.25) is 4.79 Å². The lowest BCUT2D eigenvalue weighted by Gasteiger charge is -2.09. The number of benzene rings is 2. The molecule has 2 aromatic rings. The van der Waals surface area contributed by atoms with Crippen LogP contribution in [-0.2, 0) is 6.54 Å². The Hall–Kier alpha value is -2.36. The monoisotopic (exact) mass is 286 g/mol.